The molecule has 0 aromatic heterocycles. The second kappa shape index (κ2) is 6.22. The van der Waals surface area contributed by atoms with Gasteiger partial charge >= 0.3 is 12.0 Å². The van der Waals surface area contributed by atoms with E-state index in [1.165, 1.54) is 12.0 Å². The van der Waals surface area contributed by atoms with Gasteiger partial charge in [0, 0.05) is 17.6 Å². The maximum absolute atomic E-state index is 12.3. The smallest absolute Gasteiger partial charge is 0.326 e. The monoisotopic (exact) mass is 312 g/mol. The van der Waals surface area contributed by atoms with Gasteiger partial charge in [-0.15, -0.1) is 0 Å². The SMILES string of the molecule is COc1cc(Cl)c(C)cc1NC(=O)N1CCCC1C(=O)O. The number of carboxylic acid groups (broad SMARTS) is 1. The summed E-state index contributed by atoms with van der Waals surface area (Å²) in [5.41, 5.74) is 1.27. The molecule has 114 valence electrons. The molecule has 6 nitrogen and oxygen atoms in total. The number of halogens is 1. The van der Waals surface area contributed by atoms with Crippen LogP contribution in [0.1, 0.15) is 18.4 Å². The highest BCUT2D eigenvalue weighted by Gasteiger charge is 2.34. The van der Waals surface area contributed by atoms with Crippen molar-refractivity contribution < 1.29 is 19.4 Å². The van der Waals surface area contributed by atoms with E-state index in [0.717, 1.165) is 5.56 Å². The average Bonchev–Trinajstić information content (AvgIpc) is 2.92. The molecule has 1 atom stereocenters. The molecule has 1 fully saturated rings. The largest absolute Gasteiger partial charge is 0.495 e. The van der Waals surface area contributed by atoms with E-state index in [4.69, 9.17) is 21.4 Å². The normalized spacial score (nSPS) is 17.7. The Balaban J connectivity index is 2.20. The minimum Gasteiger partial charge on any atom is -0.495 e. The van der Waals surface area contributed by atoms with Crippen molar-refractivity contribution in [2.24, 2.45) is 0 Å². The van der Waals surface area contributed by atoms with Gasteiger partial charge < -0.3 is 20.1 Å². The van der Waals surface area contributed by atoms with Crippen molar-refractivity contribution in [1.29, 1.82) is 0 Å². The molecule has 1 aliphatic heterocycles. The number of likely N-dealkylation sites (tertiary alicyclic amines) is 1. The summed E-state index contributed by atoms with van der Waals surface area (Å²) >= 11 is 6.01. The Morgan fingerprint density at radius 1 is 1.48 bits per heavy atom. The Morgan fingerprint density at radius 3 is 2.81 bits per heavy atom. The summed E-state index contributed by atoms with van der Waals surface area (Å²) in [7, 11) is 1.48. The number of carboxylic acids is 1. The van der Waals surface area contributed by atoms with E-state index >= 15 is 0 Å². The van der Waals surface area contributed by atoms with Crippen molar-refractivity contribution in [3.63, 3.8) is 0 Å². The third-order valence-corrected chi connectivity index (χ3v) is 3.93. The van der Waals surface area contributed by atoms with Crippen LogP contribution in [0.4, 0.5) is 10.5 Å². The first kappa shape index (κ1) is 15.4. The Bertz CT molecular complexity index is 576. The maximum Gasteiger partial charge on any atom is 0.326 e. The van der Waals surface area contributed by atoms with Gasteiger partial charge in [-0.3, -0.25) is 0 Å². The van der Waals surface area contributed by atoms with E-state index in [2.05, 4.69) is 5.32 Å². The molecule has 1 aromatic carbocycles. The Labute approximate surface area is 127 Å². The van der Waals surface area contributed by atoms with Crippen molar-refractivity contribution in [2.75, 3.05) is 19.0 Å². The lowest BCUT2D eigenvalue weighted by Crippen LogP contribution is -2.42. The molecule has 2 amide bonds. The van der Waals surface area contributed by atoms with Gasteiger partial charge in [-0.25, -0.2) is 9.59 Å². The number of aliphatic carboxylic acids is 1. The van der Waals surface area contributed by atoms with Crippen molar-refractivity contribution >= 4 is 29.3 Å². The van der Waals surface area contributed by atoms with Crippen molar-refractivity contribution in [2.45, 2.75) is 25.8 Å². The number of carbonyl (C=O) groups is 2. The van der Waals surface area contributed by atoms with Crippen LogP contribution < -0.4 is 10.1 Å². The molecule has 0 bridgehead atoms. The topological polar surface area (TPSA) is 78.9 Å². The minimum atomic E-state index is -0.984. The molecule has 1 aliphatic rings. The van der Waals surface area contributed by atoms with Gasteiger partial charge in [0.1, 0.15) is 11.8 Å². The number of hydrogen-bond donors (Lipinski definition) is 2. The molecule has 1 unspecified atom stereocenters. The molecule has 2 rings (SSSR count). The Hall–Kier alpha value is -1.95. The van der Waals surface area contributed by atoms with Crippen LogP contribution in [-0.2, 0) is 4.79 Å². The van der Waals surface area contributed by atoms with Gasteiger partial charge in [-0.05, 0) is 31.4 Å². The number of hydrogen-bond acceptors (Lipinski definition) is 3. The zero-order valence-corrected chi connectivity index (χ0v) is 12.6. The number of carbonyl (C=O) groups excluding carboxylic acids is 1. The molecule has 21 heavy (non-hydrogen) atoms. The number of aryl methyl sites for hydroxylation is 1. The number of amides is 2. The first-order valence-electron chi connectivity index (χ1n) is 6.58. The highest BCUT2D eigenvalue weighted by Crippen LogP contribution is 2.31. The molecule has 1 saturated heterocycles. The van der Waals surface area contributed by atoms with Crippen LogP contribution in [0.2, 0.25) is 5.02 Å². The second-order valence-corrected chi connectivity index (χ2v) is 5.33. The van der Waals surface area contributed by atoms with Gasteiger partial charge in [0.2, 0.25) is 0 Å². The summed E-state index contributed by atoms with van der Waals surface area (Å²) in [6.07, 6.45) is 1.15. The van der Waals surface area contributed by atoms with E-state index < -0.39 is 18.0 Å². The summed E-state index contributed by atoms with van der Waals surface area (Å²) in [5, 5.41) is 12.3. The lowest BCUT2D eigenvalue weighted by atomic mass is 10.2. The lowest BCUT2D eigenvalue weighted by molar-refractivity contribution is -0.141. The van der Waals surface area contributed by atoms with E-state index in [1.54, 1.807) is 12.1 Å². The molecule has 2 N–H and O–H groups in total. The molecule has 0 saturated carbocycles. The molecule has 7 heteroatoms. The Kier molecular flexibility index (Phi) is 4.57. The summed E-state index contributed by atoms with van der Waals surface area (Å²) in [5.74, 6) is -0.549. The molecule has 1 heterocycles. The molecule has 0 aliphatic carbocycles. The first-order valence-corrected chi connectivity index (χ1v) is 6.96. The quantitative estimate of drug-likeness (QED) is 0.899. The molecule has 1 aromatic rings. The van der Waals surface area contributed by atoms with Crippen LogP contribution >= 0.6 is 11.6 Å². The summed E-state index contributed by atoms with van der Waals surface area (Å²) in [6.45, 7) is 2.24. The first-order chi connectivity index (χ1) is 9.93. The lowest BCUT2D eigenvalue weighted by Gasteiger charge is -2.22. The van der Waals surface area contributed by atoms with Crippen LogP contribution in [0.3, 0.4) is 0 Å². The number of ether oxygens (including phenoxy) is 1. The zero-order chi connectivity index (χ0) is 15.6. The van der Waals surface area contributed by atoms with Gasteiger partial charge in [0.25, 0.3) is 0 Å². The van der Waals surface area contributed by atoms with Gasteiger partial charge in [0.15, 0.2) is 0 Å². The van der Waals surface area contributed by atoms with Gasteiger partial charge in [-0.2, -0.15) is 0 Å². The predicted octanol–water partition coefficient (Wildman–Crippen LogP) is 2.74. The molecule has 0 radical (unpaired) electrons. The highest BCUT2D eigenvalue weighted by atomic mass is 35.5. The van der Waals surface area contributed by atoms with Crippen molar-refractivity contribution in [3.8, 4) is 5.75 Å². The molecular weight excluding hydrogens is 296 g/mol. The number of anilines is 1. The van der Waals surface area contributed by atoms with Crippen molar-refractivity contribution in [1.82, 2.24) is 4.90 Å². The minimum absolute atomic E-state index is 0.428. The fourth-order valence-corrected chi connectivity index (χ4v) is 2.54. The van der Waals surface area contributed by atoms with Crippen LogP contribution in [0.25, 0.3) is 0 Å². The number of nitrogens with one attached hydrogen (secondary N) is 1. The second-order valence-electron chi connectivity index (χ2n) is 4.92. The van der Waals surface area contributed by atoms with Crippen molar-refractivity contribution in [3.05, 3.63) is 22.7 Å². The fourth-order valence-electron chi connectivity index (χ4n) is 2.38. The van der Waals surface area contributed by atoms with Crippen LogP contribution in [0.5, 0.6) is 5.75 Å². The number of nitrogens with zero attached hydrogens (tertiary/aromatic N) is 1. The standard InChI is InChI=1S/C14H17ClN2O4/c1-8-6-10(12(21-2)7-9(8)15)16-14(20)17-5-3-4-11(17)13(18)19/h6-7,11H,3-5H2,1-2H3,(H,16,20)(H,18,19). The van der Waals surface area contributed by atoms with E-state index in [1.807, 2.05) is 6.92 Å². The van der Waals surface area contributed by atoms with Gasteiger partial charge in [0.05, 0.1) is 12.8 Å². The van der Waals surface area contributed by atoms with Crippen LogP contribution in [0, 0.1) is 6.92 Å². The molecule has 0 spiro atoms. The van der Waals surface area contributed by atoms with Crippen LogP contribution in [0.15, 0.2) is 12.1 Å². The van der Waals surface area contributed by atoms with E-state index in [-0.39, 0.29) is 0 Å². The Morgan fingerprint density at radius 2 is 2.19 bits per heavy atom. The molecular formula is C14H17ClN2O4. The summed E-state index contributed by atoms with van der Waals surface area (Å²) < 4.78 is 5.18. The number of rotatable bonds is 3. The maximum atomic E-state index is 12.3. The third-order valence-electron chi connectivity index (χ3n) is 3.52. The van der Waals surface area contributed by atoms with E-state index in [0.29, 0.717) is 35.8 Å². The number of urea groups is 1. The zero-order valence-electron chi connectivity index (χ0n) is 11.9. The van der Waals surface area contributed by atoms with Crippen LogP contribution in [-0.4, -0.2) is 41.7 Å². The fraction of sp³-hybridized carbons (Fsp3) is 0.429. The summed E-state index contributed by atoms with van der Waals surface area (Å²) in [4.78, 5) is 24.7. The number of benzene rings is 1. The van der Waals surface area contributed by atoms with Gasteiger partial charge in [-0.1, -0.05) is 11.6 Å². The predicted molar refractivity (Wildman–Crippen MR) is 79.1 cm³/mol. The number of methoxy groups -OCH3 is 1. The highest BCUT2D eigenvalue weighted by molar-refractivity contribution is 6.31. The average molecular weight is 313 g/mol. The third kappa shape index (κ3) is 3.21. The van der Waals surface area contributed by atoms with E-state index in [9.17, 15) is 9.59 Å². The summed E-state index contributed by atoms with van der Waals surface area (Å²) in [6, 6.07) is 2.10.